The van der Waals surface area contributed by atoms with Crippen LogP contribution in [0.3, 0.4) is 0 Å². The number of carboxylic acids is 1. The third-order valence-corrected chi connectivity index (χ3v) is 16.5. The molecule has 1 saturated heterocycles. The number of guanidine groups is 1. The Morgan fingerprint density at radius 2 is 1.22 bits per heavy atom. The van der Waals surface area contributed by atoms with Crippen molar-refractivity contribution in [3.05, 3.63) is 35.9 Å². The number of nitrogens with zero attached hydrogens (tertiary/aromatic N) is 2. The molecule has 0 radical (unpaired) electrons. The molecule has 11 amide bonds. The van der Waals surface area contributed by atoms with Crippen molar-refractivity contribution in [1.82, 2.24) is 52.8 Å². The maximum atomic E-state index is 14.3. The van der Waals surface area contributed by atoms with Crippen molar-refractivity contribution in [2.75, 3.05) is 43.1 Å². The lowest BCUT2D eigenvalue weighted by Gasteiger charge is -2.29. The quantitative estimate of drug-likeness (QED) is 0.0128. The fourth-order valence-corrected chi connectivity index (χ4v) is 10.8. The SMILES string of the molecule is CCSSCC(NC(=O)C(NC(=O)CNC(=O)C(CCSC)NC(=O)C(CCCN=C(N)N)NC(=O)C(Cc1ccccc1)NC(=O)C1CCCN1C(=O)C(C)N)C(C)CC)C(=O)NC(C(=O)NC(C(=O)NC(CC(N)=O)C(=O)O)C(C)O)C(C)O. The van der Waals surface area contributed by atoms with E-state index in [1.54, 1.807) is 50.4 Å². The molecular weight excluding hydrogens is 1180 g/mol. The topological polar surface area (TPSA) is 493 Å². The Balaban J connectivity index is 2.35. The van der Waals surface area contributed by atoms with E-state index in [1.807, 2.05) is 12.2 Å². The van der Waals surface area contributed by atoms with Crippen LogP contribution in [0.1, 0.15) is 92.1 Å². The monoisotopic (exact) mass is 1270 g/mol. The molecule has 30 nitrogen and oxygen atoms in total. The number of benzene rings is 1. The van der Waals surface area contributed by atoms with Crippen LogP contribution >= 0.6 is 33.3 Å². The third kappa shape index (κ3) is 26.4. The van der Waals surface area contributed by atoms with Crippen LogP contribution in [-0.2, 0) is 64.0 Å². The molecule has 0 spiro atoms. The van der Waals surface area contributed by atoms with E-state index in [1.165, 1.54) is 45.2 Å². The molecule has 33 heteroatoms. The highest BCUT2D eigenvalue weighted by Crippen LogP contribution is 2.22. The molecule has 13 atom stereocenters. The molecule has 1 aliphatic heterocycles. The van der Waals surface area contributed by atoms with Crippen molar-refractivity contribution in [2.24, 2.45) is 33.8 Å². The number of primary amides is 1. The van der Waals surface area contributed by atoms with Gasteiger partial charge in [-0.25, -0.2) is 4.79 Å². The van der Waals surface area contributed by atoms with Crippen molar-refractivity contribution < 1.29 is 72.9 Å². The second-order valence-electron chi connectivity index (χ2n) is 20.5. The summed E-state index contributed by atoms with van der Waals surface area (Å²) in [6, 6.07) is -5.10. The van der Waals surface area contributed by atoms with Gasteiger partial charge >= 0.3 is 5.97 Å². The first-order valence-corrected chi connectivity index (χ1v) is 31.9. The fourth-order valence-electron chi connectivity index (χ4n) is 8.54. The minimum Gasteiger partial charge on any atom is -0.480 e. The van der Waals surface area contributed by atoms with E-state index in [2.05, 4.69) is 47.5 Å². The highest BCUT2D eigenvalue weighted by molar-refractivity contribution is 8.76. The molecule has 0 aromatic heterocycles. The van der Waals surface area contributed by atoms with Crippen LogP contribution in [0.4, 0.5) is 0 Å². The van der Waals surface area contributed by atoms with E-state index >= 15 is 0 Å². The molecule has 1 heterocycles. The molecule has 0 bridgehead atoms. The van der Waals surface area contributed by atoms with Crippen LogP contribution in [0, 0.1) is 5.92 Å². The zero-order valence-electron chi connectivity index (χ0n) is 49.5. The van der Waals surface area contributed by atoms with Crippen LogP contribution in [0.25, 0.3) is 0 Å². The average molecular weight is 1270 g/mol. The van der Waals surface area contributed by atoms with Crippen LogP contribution in [-0.4, -0.2) is 213 Å². The zero-order valence-corrected chi connectivity index (χ0v) is 51.9. The molecule has 86 heavy (non-hydrogen) atoms. The number of nitrogens with two attached hydrogens (primary N) is 4. The van der Waals surface area contributed by atoms with Gasteiger partial charge in [-0.1, -0.05) is 79.1 Å². The predicted molar refractivity (Wildman–Crippen MR) is 325 cm³/mol. The summed E-state index contributed by atoms with van der Waals surface area (Å²) in [4.78, 5) is 166. The minimum absolute atomic E-state index is 0.00617. The van der Waals surface area contributed by atoms with Gasteiger partial charge < -0.3 is 91.0 Å². The molecule has 0 aliphatic carbocycles. The third-order valence-electron chi connectivity index (χ3n) is 13.4. The number of aliphatic imine (C=N–C) groups is 1. The van der Waals surface area contributed by atoms with Crippen LogP contribution in [0.15, 0.2) is 35.3 Å². The average Bonchev–Trinajstić information content (AvgIpc) is 3.40. The van der Waals surface area contributed by atoms with Gasteiger partial charge in [0.05, 0.1) is 31.2 Å². The smallest absolute Gasteiger partial charge is 0.326 e. The Kier molecular flexibility index (Phi) is 34.1. The van der Waals surface area contributed by atoms with Crippen molar-refractivity contribution in [3.63, 3.8) is 0 Å². The lowest BCUT2D eigenvalue weighted by atomic mass is 9.98. The summed E-state index contributed by atoms with van der Waals surface area (Å²) in [6.45, 7) is 8.58. The number of hydrogen-bond acceptors (Lipinski definition) is 19. The van der Waals surface area contributed by atoms with Crippen LogP contribution in [0.5, 0.6) is 0 Å². The Labute approximate surface area is 512 Å². The summed E-state index contributed by atoms with van der Waals surface area (Å²) < 4.78 is 0. The molecular formula is C53H87N15O15S3. The molecule has 1 aromatic rings. The van der Waals surface area contributed by atoms with Crippen molar-refractivity contribution in [2.45, 2.75) is 166 Å². The zero-order chi connectivity index (χ0) is 64.8. The Bertz CT molecular complexity index is 2500. The number of aliphatic carboxylic acids is 1. The van der Waals surface area contributed by atoms with Gasteiger partial charge in [0.2, 0.25) is 65.0 Å². The predicted octanol–water partition coefficient (Wildman–Crippen LogP) is -4.46. The minimum atomic E-state index is -1.86. The molecule has 1 fully saturated rings. The first-order chi connectivity index (χ1) is 40.6. The number of likely N-dealkylation sites (tertiary alicyclic amines) is 1. The maximum absolute atomic E-state index is 14.3. The molecule has 482 valence electrons. The molecule has 20 N–H and O–H groups in total. The van der Waals surface area contributed by atoms with E-state index in [4.69, 9.17) is 22.9 Å². The van der Waals surface area contributed by atoms with Crippen LogP contribution < -0.4 is 70.8 Å². The summed E-state index contributed by atoms with van der Waals surface area (Å²) in [5, 5.41) is 52.9. The van der Waals surface area contributed by atoms with Crippen LogP contribution in [0.2, 0.25) is 0 Å². The van der Waals surface area contributed by atoms with Gasteiger partial charge in [0, 0.05) is 31.0 Å². The lowest BCUT2D eigenvalue weighted by molar-refractivity contribution is -0.144. The molecule has 1 aromatic carbocycles. The Morgan fingerprint density at radius 3 is 1.77 bits per heavy atom. The number of nitrogens with one attached hydrogen (secondary N) is 9. The normalized spacial score (nSPS) is 17.0. The highest BCUT2D eigenvalue weighted by atomic mass is 33.1. The maximum Gasteiger partial charge on any atom is 0.326 e. The van der Waals surface area contributed by atoms with Gasteiger partial charge in [-0.15, -0.1) is 0 Å². The number of amides is 11. The van der Waals surface area contributed by atoms with Gasteiger partial charge in [0.15, 0.2) is 5.96 Å². The fraction of sp³-hybridized carbons (Fsp3) is 0.642. The number of carbonyl (C=O) groups is 12. The number of carbonyl (C=O) groups excluding carboxylic acids is 11. The molecule has 2 rings (SSSR count). The Hall–Kier alpha value is -6.94. The standard InChI is InChI=1S/C53H87N15O15S3/c1-8-27(3)40(48(78)64-36(26-86-85-9-2)46(76)66-42(30(6)70)50(80)67-41(29(5)69)49(79)63-35(52(82)83)24-38(55)71)65-39(72)25-59-43(73)33(19-22-84-7)61-44(74)32(17-13-20-58-53(56)57)60-45(75)34(23-31-15-11-10-12-16-31)62-47(77)37-18-14-21-68(37)51(81)28(4)54/h10-12,15-16,27-30,32-37,40-42,69-70H,8-9,13-14,17-26,54H2,1-7H3,(H2,55,71)(H,59,73)(H,60,75)(H,61,74)(H,62,77)(H,63,79)(H,64,78)(H,65,72)(H,66,76)(H,67,80)(H,82,83)(H4,56,57,58). The van der Waals surface area contributed by atoms with Crippen molar-refractivity contribution >= 4 is 110 Å². The van der Waals surface area contributed by atoms with Gasteiger partial charge in [0.25, 0.3) is 0 Å². The van der Waals surface area contributed by atoms with Crippen molar-refractivity contribution in [1.29, 1.82) is 0 Å². The van der Waals surface area contributed by atoms with Gasteiger partial charge in [-0.3, -0.25) is 57.7 Å². The number of aliphatic hydroxyl groups is 2. The largest absolute Gasteiger partial charge is 0.480 e. The second kappa shape index (κ2) is 39.0. The molecule has 1 aliphatic rings. The number of rotatable bonds is 39. The van der Waals surface area contributed by atoms with E-state index in [0.29, 0.717) is 42.9 Å². The van der Waals surface area contributed by atoms with E-state index in [9.17, 15) is 72.9 Å². The van der Waals surface area contributed by atoms with E-state index < -0.39 is 162 Å². The first kappa shape index (κ1) is 75.2. The highest BCUT2D eigenvalue weighted by Gasteiger charge is 2.40. The lowest BCUT2D eigenvalue weighted by Crippen LogP contribution is -2.63. The summed E-state index contributed by atoms with van der Waals surface area (Å²) in [5.41, 5.74) is 22.7. The summed E-state index contributed by atoms with van der Waals surface area (Å²) in [7, 11) is 2.49. The number of carboxylic acid groups (broad SMARTS) is 1. The summed E-state index contributed by atoms with van der Waals surface area (Å²) >= 11 is 1.35. The number of thioether (sulfide) groups is 1. The first-order valence-electron chi connectivity index (χ1n) is 28.0. The summed E-state index contributed by atoms with van der Waals surface area (Å²) in [6.07, 6.45) is -1.03. The Morgan fingerprint density at radius 1 is 0.674 bits per heavy atom. The molecule has 13 unspecified atom stereocenters. The molecule has 0 saturated carbocycles. The second-order valence-corrected chi connectivity index (χ2v) is 24.3. The van der Waals surface area contributed by atoms with Crippen molar-refractivity contribution in [3.8, 4) is 0 Å². The summed E-state index contributed by atoms with van der Waals surface area (Å²) in [5.74, 6) is -11.2. The number of hydrogen-bond donors (Lipinski definition) is 16. The number of aliphatic hydroxyl groups excluding tert-OH is 2. The van der Waals surface area contributed by atoms with Gasteiger partial charge in [-0.05, 0) is 76.4 Å². The van der Waals surface area contributed by atoms with E-state index in [-0.39, 0.29) is 43.9 Å². The van der Waals surface area contributed by atoms with Gasteiger partial charge in [-0.2, -0.15) is 11.8 Å². The van der Waals surface area contributed by atoms with E-state index in [0.717, 1.165) is 13.8 Å². The van der Waals surface area contributed by atoms with Gasteiger partial charge in [0.1, 0.15) is 54.4 Å².